The molecule has 105 heavy (non-hydrogen) atoms. The average molecular weight is 1420 g/mol. The summed E-state index contributed by atoms with van der Waals surface area (Å²) in [5.74, 6) is 0. The van der Waals surface area contributed by atoms with Crippen LogP contribution in [0.25, 0.3) is 173 Å². The van der Waals surface area contributed by atoms with Gasteiger partial charge in [-0.25, -0.2) is 0 Å². The second kappa shape index (κ2) is 25.2. The Balaban J connectivity index is 0.000000102. The molecule has 0 saturated heterocycles. The van der Waals surface area contributed by atoms with Crippen LogP contribution < -0.4 is 0 Å². The number of hydrogen-bond acceptors (Lipinski definition) is 5. The fourth-order valence-corrected chi connectivity index (χ4v) is 23.3. The van der Waals surface area contributed by atoms with Crippen LogP contribution in [0.4, 0.5) is 0 Å². The summed E-state index contributed by atoms with van der Waals surface area (Å²) < 4.78 is 14.6. The monoisotopic (exact) mass is 1420 g/mol. The molecule has 6 heteroatoms. The minimum atomic E-state index is -0.338. The van der Waals surface area contributed by atoms with Gasteiger partial charge < -0.3 is 4.57 Å². The summed E-state index contributed by atoms with van der Waals surface area (Å²) >= 11 is 9.56. The van der Waals surface area contributed by atoms with Crippen molar-refractivity contribution in [3.8, 4) is 60.6 Å². The molecule has 1 aliphatic rings. The molecule has 0 bridgehead atoms. The Hall–Kier alpha value is -11.8. The van der Waals surface area contributed by atoms with Crippen LogP contribution in [0.3, 0.4) is 0 Å². The minimum Gasteiger partial charge on any atom is -0.309 e. The van der Waals surface area contributed by atoms with E-state index in [1.807, 2.05) is 56.7 Å². The van der Waals surface area contributed by atoms with E-state index < -0.39 is 0 Å². The Labute approximate surface area is 626 Å². The Morgan fingerprint density at radius 2 is 0.562 bits per heavy atom. The SMILES string of the molecule is c1cc(-c2ccccc2-c2cccc3c2sc2ccccc23)cc(-n2c3ccccc3c3ccccc32)c1.c1ccc(C2(c3cccc4c3sc3ccccc34)c3ccccc3-c3ccccc32)cc1.c1ccc2c(-c3cccc4c3sc3ccccc34)c(-c3cccc4c3sc3ccccc34)sc2c1. The van der Waals surface area contributed by atoms with Gasteiger partial charge in [0.15, 0.2) is 0 Å². The van der Waals surface area contributed by atoms with E-state index in [4.69, 9.17) is 0 Å². The summed E-state index contributed by atoms with van der Waals surface area (Å²) in [7, 11) is 0. The van der Waals surface area contributed by atoms with Gasteiger partial charge in [0.25, 0.3) is 0 Å². The van der Waals surface area contributed by atoms with Crippen molar-refractivity contribution in [1.29, 1.82) is 0 Å². The van der Waals surface area contributed by atoms with Crippen molar-refractivity contribution < 1.29 is 0 Å². The van der Waals surface area contributed by atoms with Gasteiger partial charge in [0, 0.05) is 134 Å². The average Bonchev–Trinajstić information content (AvgIpc) is 1.54. The van der Waals surface area contributed by atoms with Crippen molar-refractivity contribution in [2.45, 2.75) is 5.41 Å². The molecule has 0 fully saturated rings. The highest BCUT2D eigenvalue weighted by atomic mass is 32.1. The Morgan fingerprint density at radius 3 is 1.11 bits per heavy atom. The van der Waals surface area contributed by atoms with Gasteiger partial charge in [0.1, 0.15) is 0 Å². The summed E-state index contributed by atoms with van der Waals surface area (Å²) in [5, 5.41) is 14.7. The summed E-state index contributed by atoms with van der Waals surface area (Å²) in [6.45, 7) is 0. The van der Waals surface area contributed by atoms with Crippen LogP contribution in [-0.2, 0) is 5.41 Å². The minimum absolute atomic E-state index is 0.338. The first-order valence-corrected chi connectivity index (χ1v) is 39.8. The third kappa shape index (κ3) is 9.82. The molecule has 0 spiro atoms. The molecular weight excluding hydrogens is 1360 g/mol. The first-order chi connectivity index (χ1) is 52.1. The molecule has 0 saturated carbocycles. The normalized spacial score (nSPS) is 12.5. The molecule has 22 aromatic rings. The first-order valence-electron chi connectivity index (χ1n) is 35.7. The molecule has 1 aliphatic carbocycles. The van der Waals surface area contributed by atoms with Crippen LogP contribution in [0, 0.1) is 0 Å². The van der Waals surface area contributed by atoms with Gasteiger partial charge >= 0.3 is 0 Å². The van der Waals surface area contributed by atoms with Crippen LogP contribution in [0.2, 0.25) is 0 Å². The quantitative estimate of drug-likeness (QED) is 0.150. The van der Waals surface area contributed by atoms with Crippen molar-refractivity contribution >= 4 is 169 Å². The zero-order chi connectivity index (χ0) is 69.1. The van der Waals surface area contributed by atoms with Crippen molar-refractivity contribution in [2.75, 3.05) is 0 Å². The van der Waals surface area contributed by atoms with Crippen LogP contribution in [0.15, 0.2) is 370 Å². The molecule has 0 N–H and O–H groups in total. The first kappa shape index (κ1) is 61.8. The van der Waals surface area contributed by atoms with Gasteiger partial charge in [-0.15, -0.1) is 56.7 Å². The molecule has 1 nitrogen and oxygen atoms in total. The van der Waals surface area contributed by atoms with Gasteiger partial charge in [-0.05, 0) is 105 Å². The fourth-order valence-electron chi connectivity index (χ4n) is 17.0. The van der Waals surface area contributed by atoms with Gasteiger partial charge in [0.05, 0.1) is 16.4 Å². The second-order valence-electron chi connectivity index (χ2n) is 27.1. The predicted molar refractivity (Wildman–Crippen MR) is 460 cm³/mol. The molecule has 0 aliphatic heterocycles. The third-order valence-electron chi connectivity index (χ3n) is 21.5. The van der Waals surface area contributed by atoms with E-state index in [1.54, 1.807) is 0 Å². The highest BCUT2D eigenvalue weighted by Gasteiger charge is 2.47. The van der Waals surface area contributed by atoms with E-state index >= 15 is 0 Å². The Bertz CT molecular complexity index is 7090. The molecule has 23 rings (SSSR count). The lowest BCUT2D eigenvalue weighted by Crippen LogP contribution is -2.28. The number of benzene rings is 16. The van der Waals surface area contributed by atoms with Gasteiger partial charge in [0.2, 0.25) is 0 Å². The maximum atomic E-state index is 2.39. The van der Waals surface area contributed by atoms with Gasteiger partial charge in [-0.2, -0.15) is 0 Å². The summed E-state index contributed by atoms with van der Waals surface area (Å²) in [5.41, 5.74) is 20.5. The number of aromatic nitrogens is 1. The number of para-hydroxylation sites is 2. The van der Waals surface area contributed by atoms with Gasteiger partial charge in [-0.1, -0.05) is 315 Å². The Kier molecular flexibility index (Phi) is 14.9. The smallest absolute Gasteiger partial charge is 0.0727 e. The maximum Gasteiger partial charge on any atom is 0.0727 e. The zero-order valence-corrected chi connectivity index (χ0v) is 60.8. The van der Waals surface area contributed by atoms with E-state index in [-0.39, 0.29) is 5.41 Å². The molecule has 6 aromatic heterocycles. The van der Waals surface area contributed by atoms with Crippen molar-refractivity contribution in [2.24, 2.45) is 0 Å². The molecule has 0 radical (unpaired) electrons. The second-order valence-corrected chi connectivity index (χ2v) is 32.4. The van der Waals surface area contributed by atoms with Crippen molar-refractivity contribution in [3.63, 3.8) is 0 Å². The molecule has 6 heterocycles. The Morgan fingerprint density at radius 1 is 0.210 bits per heavy atom. The topological polar surface area (TPSA) is 4.93 Å². The molecular formula is C99H61NS5. The summed E-state index contributed by atoms with van der Waals surface area (Å²) in [6, 6.07) is 135. The van der Waals surface area contributed by atoms with Crippen molar-refractivity contribution in [3.05, 3.63) is 392 Å². The number of thiophene rings is 5. The van der Waals surface area contributed by atoms with E-state index in [0.29, 0.717) is 0 Å². The molecule has 0 atom stereocenters. The van der Waals surface area contributed by atoms with Crippen LogP contribution >= 0.6 is 56.7 Å². The molecule has 16 aromatic carbocycles. The van der Waals surface area contributed by atoms with Crippen molar-refractivity contribution in [1.82, 2.24) is 4.57 Å². The van der Waals surface area contributed by atoms with E-state index in [9.17, 15) is 0 Å². The number of nitrogens with zero attached hydrogens (tertiary/aromatic N) is 1. The van der Waals surface area contributed by atoms with Crippen LogP contribution in [0.5, 0.6) is 0 Å². The lowest BCUT2D eigenvalue weighted by molar-refractivity contribution is 0.778. The lowest BCUT2D eigenvalue weighted by atomic mass is 9.67. The maximum absolute atomic E-state index is 2.39. The highest BCUT2D eigenvalue weighted by molar-refractivity contribution is 7.28. The van der Waals surface area contributed by atoms with Gasteiger partial charge in [-0.3, -0.25) is 0 Å². The highest BCUT2D eigenvalue weighted by Crippen LogP contribution is 2.59. The molecule has 0 amide bonds. The van der Waals surface area contributed by atoms with Crippen LogP contribution in [-0.4, -0.2) is 4.57 Å². The number of rotatable bonds is 7. The standard InChI is InChI=1S/C36H23NS.C32H18S3.C31H20S/c1-2-14-27(31-18-10-19-32-30-17-5-8-22-35(30)38-36(31)32)26(13-1)24-11-9-12-25(23-24)37-33-20-6-3-15-28(33)29-16-4-7-21-34(29)37;1-4-16-26-19(9-1)21-12-7-14-24(30(21)33-26)29-23-11-3-6-18-28(23)35-32(29)25-15-8-13-22-20-10-2-5-17-27(20)34-31(22)25;1-2-11-21(12-3-1)31(26-17-7-4-13-22(26)23-14-5-8-18-27(23)31)28-19-10-16-25-24-15-6-9-20-29(24)32-30(25)28/h1-23H;1-18H;1-20H. The van der Waals surface area contributed by atoms with E-state index in [2.05, 4.69) is 375 Å². The molecule has 492 valence electrons. The summed E-state index contributed by atoms with van der Waals surface area (Å²) in [6.07, 6.45) is 0. The third-order valence-corrected chi connectivity index (χ3v) is 27.6. The number of fused-ring (bicyclic) bond motifs is 19. The van der Waals surface area contributed by atoms with Crippen LogP contribution in [0.1, 0.15) is 22.3 Å². The fraction of sp³-hybridized carbons (Fsp3) is 0.0101. The largest absolute Gasteiger partial charge is 0.309 e. The summed E-state index contributed by atoms with van der Waals surface area (Å²) in [4.78, 5) is 1.37. The lowest BCUT2D eigenvalue weighted by Gasteiger charge is -2.34. The number of hydrogen-bond donors (Lipinski definition) is 0. The molecule has 0 unspecified atom stereocenters. The van der Waals surface area contributed by atoms with E-state index in [1.165, 1.54) is 195 Å². The zero-order valence-electron chi connectivity index (χ0n) is 56.7. The predicted octanol–water partition coefficient (Wildman–Crippen LogP) is 29.9. The van der Waals surface area contributed by atoms with E-state index in [0.717, 1.165) is 0 Å².